The number of hydrogen-bond donors (Lipinski definition) is 3. The van der Waals surface area contributed by atoms with Gasteiger partial charge in [0.05, 0.1) is 25.4 Å². The molecule has 0 aliphatic rings. The maximum atomic E-state index is 12.5. The van der Waals surface area contributed by atoms with Crippen molar-refractivity contribution < 1.29 is 24.5 Å². The number of amides is 1. The normalized spacial score (nSPS) is 12.6. The third-order valence-electron chi connectivity index (χ3n) is 15.6. The quantitative estimate of drug-likeness (QED) is 0.0320. The van der Waals surface area contributed by atoms with E-state index in [1.165, 1.54) is 295 Å². The lowest BCUT2D eigenvalue weighted by atomic mass is 10.0. The molecule has 0 fully saturated rings. The van der Waals surface area contributed by atoms with Gasteiger partial charge in [-0.1, -0.05) is 321 Å². The van der Waals surface area contributed by atoms with E-state index in [2.05, 4.69) is 31.3 Å². The van der Waals surface area contributed by atoms with Gasteiger partial charge in [0.25, 0.3) is 0 Å². The summed E-state index contributed by atoms with van der Waals surface area (Å²) in [6, 6.07) is -0.539. The van der Waals surface area contributed by atoms with E-state index in [1.54, 1.807) is 0 Å². The zero-order valence-corrected chi connectivity index (χ0v) is 48.9. The predicted octanol–water partition coefficient (Wildman–Crippen LogP) is 20.8. The van der Waals surface area contributed by atoms with Crippen molar-refractivity contribution in [3.8, 4) is 0 Å². The van der Waals surface area contributed by atoms with Gasteiger partial charge in [0.2, 0.25) is 5.91 Å². The molecule has 0 spiro atoms. The van der Waals surface area contributed by atoms with Gasteiger partial charge in [-0.05, 0) is 51.4 Å². The second-order valence-electron chi connectivity index (χ2n) is 22.8. The fourth-order valence-electron chi connectivity index (χ4n) is 10.5. The van der Waals surface area contributed by atoms with Gasteiger partial charge in [0.15, 0.2) is 0 Å². The summed E-state index contributed by atoms with van der Waals surface area (Å²) in [5.41, 5.74) is 0. The molecule has 0 radical (unpaired) electrons. The number of allylic oxidation sites excluding steroid dienone is 2. The zero-order chi connectivity index (χ0) is 52.2. The first-order chi connectivity index (χ1) is 35.5. The molecule has 1 amide bonds. The van der Waals surface area contributed by atoms with Crippen LogP contribution in [0.15, 0.2) is 12.2 Å². The number of rotatable bonds is 62. The number of nitrogens with one attached hydrogen (secondary N) is 1. The lowest BCUT2D eigenvalue weighted by molar-refractivity contribution is -0.143. The van der Waals surface area contributed by atoms with Gasteiger partial charge in [-0.15, -0.1) is 0 Å². The summed E-state index contributed by atoms with van der Waals surface area (Å²) in [5.74, 6) is -0.0174. The molecule has 0 aromatic carbocycles. The highest BCUT2D eigenvalue weighted by atomic mass is 16.5. The van der Waals surface area contributed by atoms with E-state index >= 15 is 0 Å². The lowest BCUT2D eigenvalue weighted by Crippen LogP contribution is -2.45. The second kappa shape index (κ2) is 62.1. The molecule has 0 saturated carbocycles. The molecule has 2 unspecified atom stereocenters. The molecule has 0 heterocycles. The monoisotopic (exact) mass is 1020 g/mol. The number of esters is 1. The van der Waals surface area contributed by atoms with Crippen LogP contribution in [0.25, 0.3) is 0 Å². The molecule has 6 heteroatoms. The van der Waals surface area contributed by atoms with Crippen molar-refractivity contribution >= 4 is 11.9 Å². The number of ether oxygens (including phenoxy) is 1. The predicted molar refractivity (Wildman–Crippen MR) is 315 cm³/mol. The van der Waals surface area contributed by atoms with Gasteiger partial charge in [-0.3, -0.25) is 9.59 Å². The average molecular weight is 1020 g/mol. The third kappa shape index (κ3) is 57.9. The Morgan fingerprint density at radius 1 is 0.375 bits per heavy atom. The Balaban J connectivity index is 3.33. The van der Waals surface area contributed by atoms with E-state index in [0.29, 0.717) is 25.9 Å². The minimum atomic E-state index is -0.661. The lowest BCUT2D eigenvalue weighted by Gasteiger charge is -2.22. The Kier molecular flexibility index (Phi) is 60.9. The molecule has 6 nitrogen and oxygen atoms in total. The Morgan fingerprint density at radius 3 is 0.986 bits per heavy atom. The topological polar surface area (TPSA) is 95.9 Å². The van der Waals surface area contributed by atoms with E-state index in [0.717, 1.165) is 44.9 Å². The Morgan fingerprint density at radius 2 is 0.653 bits per heavy atom. The summed E-state index contributed by atoms with van der Waals surface area (Å²) >= 11 is 0. The van der Waals surface area contributed by atoms with Crippen LogP contribution in [0.4, 0.5) is 0 Å². The molecule has 0 aliphatic carbocycles. The second-order valence-corrected chi connectivity index (χ2v) is 22.8. The van der Waals surface area contributed by atoms with Crippen LogP contribution in [0.1, 0.15) is 373 Å². The van der Waals surface area contributed by atoms with Crippen LogP contribution in [0, 0.1) is 0 Å². The molecule has 428 valence electrons. The summed E-state index contributed by atoms with van der Waals surface area (Å²) in [6.07, 6.45) is 75.3. The molecule has 0 saturated heterocycles. The average Bonchev–Trinajstić information content (AvgIpc) is 3.38. The fourth-order valence-corrected chi connectivity index (χ4v) is 10.5. The van der Waals surface area contributed by atoms with Crippen molar-refractivity contribution in [2.45, 2.75) is 386 Å². The van der Waals surface area contributed by atoms with Crippen molar-refractivity contribution in [3.63, 3.8) is 0 Å². The largest absolute Gasteiger partial charge is 0.466 e. The highest BCUT2D eigenvalue weighted by Crippen LogP contribution is 2.19. The summed E-state index contributed by atoms with van der Waals surface area (Å²) in [7, 11) is 0. The molecule has 0 bridgehead atoms. The number of aliphatic hydroxyl groups excluding tert-OH is 2. The van der Waals surface area contributed by atoms with Gasteiger partial charge in [-0.25, -0.2) is 0 Å². The van der Waals surface area contributed by atoms with Gasteiger partial charge >= 0.3 is 5.97 Å². The summed E-state index contributed by atoms with van der Waals surface area (Å²) < 4.78 is 5.50. The molecule has 2 atom stereocenters. The number of unbranched alkanes of at least 4 members (excludes halogenated alkanes) is 49. The van der Waals surface area contributed by atoms with Crippen molar-refractivity contribution in [1.82, 2.24) is 5.32 Å². The van der Waals surface area contributed by atoms with Crippen LogP contribution in [-0.2, 0) is 14.3 Å². The third-order valence-corrected chi connectivity index (χ3v) is 15.6. The van der Waals surface area contributed by atoms with Gasteiger partial charge in [-0.2, -0.15) is 0 Å². The van der Waals surface area contributed by atoms with E-state index in [9.17, 15) is 19.8 Å². The Labute approximate surface area is 450 Å². The van der Waals surface area contributed by atoms with E-state index in [1.807, 2.05) is 0 Å². The van der Waals surface area contributed by atoms with Crippen LogP contribution in [0.5, 0.6) is 0 Å². The molecule has 0 aliphatic heterocycles. The minimum absolute atomic E-state index is 0.0139. The summed E-state index contributed by atoms with van der Waals surface area (Å²) in [4.78, 5) is 24.6. The number of aliphatic hydroxyl groups is 2. The number of hydrogen-bond acceptors (Lipinski definition) is 5. The minimum Gasteiger partial charge on any atom is -0.466 e. The van der Waals surface area contributed by atoms with Crippen LogP contribution < -0.4 is 5.32 Å². The molecule has 0 rings (SSSR count). The molecular formula is C66H129NO5. The van der Waals surface area contributed by atoms with Gasteiger partial charge in [0.1, 0.15) is 0 Å². The Hall–Kier alpha value is -1.40. The van der Waals surface area contributed by atoms with Crippen molar-refractivity contribution in [1.29, 1.82) is 0 Å². The number of carbonyl (C=O) groups is 2. The van der Waals surface area contributed by atoms with Crippen LogP contribution in [-0.4, -0.2) is 47.4 Å². The van der Waals surface area contributed by atoms with Crippen LogP contribution in [0.3, 0.4) is 0 Å². The molecular weight excluding hydrogens is 887 g/mol. The van der Waals surface area contributed by atoms with E-state index in [4.69, 9.17) is 4.74 Å². The highest BCUT2D eigenvalue weighted by molar-refractivity contribution is 5.76. The van der Waals surface area contributed by atoms with Crippen LogP contribution in [0.2, 0.25) is 0 Å². The standard InChI is InChI=1S/C66H129NO5/c1-3-5-7-9-11-13-15-17-18-28-32-36-40-44-48-52-56-60-66(71)72-61-57-53-49-45-41-37-33-30-27-25-23-21-19-20-22-24-26-29-31-35-39-43-47-51-55-59-65(70)67-63(62-68)64(69)58-54-50-46-42-38-34-16-14-12-10-8-6-4-2/h17-18,63-64,68-69H,3-16,19-62H2,1-2H3,(H,67,70)/b18-17-. The first-order valence-electron chi connectivity index (χ1n) is 32.9. The maximum absolute atomic E-state index is 12.5. The van der Waals surface area contributed by atoms with Crippen LogP contribution >= 0.6 is 0 Å². The van der Waals surface area contributed by atoms with E-state index in [-0.39, 0.29) is 18.5 Å². The molecule has 3 N–H and O–H groups in total. The van der Waals surface area contributed by atoms with Crippen molar-refractivity contribution in [3.05, 3.63) is 12.2 Å². The first-order valence-corrected chi connectivity index (χ1v) is 32.9. The SMILES string of the molecule is CCCCCCCC/C=C\CCCCCCCCCC(=O)OCCCCCCCCCCCCCCCCCCCCCCCCCCCC(=O)NC(CO)C(O)CCCCCCCCCCCCCCC. The molecule has 72 heavy (non-hydrogen) atoms. The highest BCUT2D eigenvalue weighted by Gasteiger charge is 2.20. The van der Waals surface area contributed by atoms with E-state index < -0.39 is 12.1 Å². The smallest absolute Gasteiger partial charge is 0.305 e. The van der Waals surface area contributed by atoms with Crippen molar-refractivity contribution in [2.75, 3.05) is 13.2 Å². The molecule has 0 aromatic heterocycles. The summed E-state index contributed by atoms with van der Waals surface area (Å²) in [6.45, 7) is 4.97. The fraction of sp³-hybridized carbons (Fsp3) is 0.939. The van der Waals surface area contributed by atoms with Crippen molar-refractivity contribution in [2.24, 2.45) is 0 Å². The number of carbonyl (C=O) groups excluding carboxylic acids is 2. The zero-order valence-electron chi connectivity index (χ0n) is 48.9. The van der Waals surface area contributed by atoms with Gasteiger partial charge < -0.3 is 20.3 Å². The summed E-state index contributed by atoms with van der Waals surface area (Å²) in [5, 5.41) is 23.3. The van der Waals surface area contributed by atoms with Gasteiger partial charge in [0, 0.05) is 12.8 Å². The maximum Gasteiger partial charge on any atom is 0.305 e. The first kappa shape index (κ1) is 70.6. The molecule has 0 aromatic rings. The Bertz CT molecular complexity index is 1080.